The second kappa shape index (κ2) is 8.03. The molecule has 0 radical (unpaired) electrons. The first-order valence-corrected chi connectivity index (χ1v) is 9.11. The van der Waals surface area contributed by atoms with Gasteiger partial charge in [-0.2, -0.15) is 0 Å². The molecule has 0 heterocycles. The lowest BCUT2D eigenvalue weighted by atomic mass is 9.90. The van der Waals surface area contributed by atoms with Crippen LogP contribution in [0.15, 0.2) is 42.5 Å². The number of hydrogen-bond acceptors (Lipinski definition) is 1. The van der Waals surface area contributed by atoms with E-state index < -0.39 is 0 Å². The summed E-state index contributed by atoms with van der Waals surface area (Å²) in [5.41, 5.74) is 4.63. The molecule has 1 aliphatic carbocycles. The zero-order chi connectivity index (χ0) is 17.6. The van der Waals surface area contributed by atoms with E-state index in [9.17, 15) is 4.79 Å². The quantitative estimate of drug-likeness (QED) is 0.725. The van der Waals surface area contributed by atoms with Gasteiger partial charge < -0.3 is 5.32 Å². The predicted molar refractivity (Wildman–Crippen MR) is 104 cm³/mol. The molecule has 2 heteroatoms. The van der Waals surface area contributed by atoms with Crippen LogP contribution >= 0.6 is 0 Å². The van der Waals surface area contributed by atoms with Gasteiger partial charge in [-0.3, -0.25) is 4.79 Å². The van der Waals surface area contributed by atoms with Crippen molar-refractivity contribution in [2.24, 2.45) is 5.92 Å². The predicted octanol–water partition coefficient (Wildman–Crippen LogP) is 5.49. The number of nitrogens with one attached hydrogen (secondary N) is 1. The lowest BCUT2D eigenvalue weighted by Crippen LogP contribution is -2.12. The summed E-state index contributed by atoms with van der Waals surface area (Å²) < 4.78 is 0. The molecule has 0 bridgehead atoms. The van der Waals surface area contributed by atoms with Gasteiger partial charge in [0.25, 0.3) is 5.91 Å². The van der Waals surface area contributed by atoms with Crippen LogP contribution in [-0.2, 0) is 0 Å². The highest BCUT2D eigenvalue weighted by atomic mass is 16.1. The molecule has 2 aromatic rings. The minimum absolute atomic E-state index is 0.0795. The van der Waals surface area contributed by atoms with Crippen molar-refractivity contribution < 1.29 is 4.79 Å². The molecule has 1 saturated carbocycles. The van der Waals surface area contributed by atoms with Gasteiger partial charge in [-0.15, -0.1) is 0 Å². The van der Waals surface area contributed by atoms with E-state index in [1.165, 1.54) is 32.1 Å². The van der Waals surface area contributed by atoms with Gasteiger partial charge in [-0.25, -0.2) is 0 Å². The van der Waals surface area contributed by atoms with Gasteiger partial charge in [0.1, 0.15) is 0 Å². The summed E-state index contributed by atoms with van der Waals surface area (Å²) in [5.74, 6) is 7.14. The first kappa shape index (κ1) is 17.3. The van der Waals surface area contributed by atoms with E-state index >= 15 is 0 Å². The van der Waals surface area contributed by atoms with Crippen LogP contribution < -0.4 is 5.32 Å². The summed E-state index contributed by atoms with van der Waals surface area (Å²) in [6.45, 7) is 4.01. The van der Waals surface area contributed by atoms with E-state index in [-0.39, 0.29) is 5.91 Å². The standard InChI is InChI=1S/C23H25NO/c1-17-13-18(2)15-21(14-17)23(25)24-22-10-6-9-20(16-22)12-11-19-7-4-3-5-8-19/h6,9-10,13-16,19H,3-5,7-8H2,1-2H3,(H,24,25). The molecule has 1 amide bonds. The zero-order valence-corrected chi connectivity index (χ0v) is 15.1. The fourth-order valence-electron chi connectivity index (χ4n) is 3.42. The monoisotopic (exact) mass is 331 g/mol. The van der Waals surface area contributed by atoms with E-state index in [0.717, 1.165) is 22.4 Å². The van der Waals surface area contributed by atoms with Crippen LogP contribution in [0, 0.1) is 31.6 Å². The summed E-state index contributed by atoms with van der Waals surface area (Å²) in [6, 6.07) is 13.7. The number of carbonyl (C=O) groups is 1. The molecule has 1 aliphatic rings. The van der Waals surface area contributed by atoms with Crippen LogP contribution in [0.2, 0.25) is 0 Å². The minimum atomic E-state index is -0.0795. The third-order valence-electron chi connectivity index (χ3n) is 4.63. The maximum absolute atomic E-state index is 12.5. The van der Waals surface area contributed by atoms with E-state index in [2.05, 4.69) is 23.2 Å². The van der Waals surface area contributed by atoms with E-state index in [1.807, 2.05) is 50.2 Å². The Morgan fingerprint density at radius 1 is 1.00 bits per heavy atom. The summed E-state index contributed by atoms with van der Waals surface area (Å²) in [4.78, 5) is 12.5. The summed E-state index contributed by atoms with van der Waals surface area (Å²) >= 11 is 0. The second-order valence-electron chi connectivity index (χ2n) is 7.02. The van der Waals surface area contributed by atoms with Gasteiger partial charge in [0.05, 0.1) is 0 Å². The van der Waals surface area contributed by atoms with Gasteiger partial charge in [0.2, 0.25) is 0 Å². The average Bonchev–Trinajstić information content (AvgIpc) is 2.60. The maximum atomic E-state index is 12.5. The van der Waals surface area contributed by atoms with Crippen molar-refractivity contribution >= 4 is 11.6 Å². The lowest BCUT2D eigenvalue weighted by Gasteiger charge is -2.15. The fraction of sp³-hybridized carbons (Fsp3) is 0.348. The number of amides is 1. The minimum Gasteiger partial charge on any atom is -0.322 e. The number of rotatable bonds is 2. The molecular weight excluding hydrogens is 306 g/mol. The fourth-order valence-corrected chi connectivity index (χ4v) is 3.42. The third kappa shape index (κ3) is 4.97. The highest BCUT2D eigenvalue weighted by Gasteiger charge is 2.10. The van der Waals surface area contributed by atoms with Crippen molar-refractivity contribution in [1.29, 1.82) is 0 Å². The molecule has 2 aromatic carbocycles. The normalized spacial score (nSPS) is 14.5. The Balaban J connectivity index is 1.71. The lowest BCUT2D eigenvalue weighted by molar-refractivity contribution is 0.102. The second-order valence-corrected chi connectivity index (χ2v) is 7.02. The zero-order valence-electron chi connectivity index (χ0n) is 15.1. The molecule has 0 unspecified atom stereocenters. The van der Waals surface area contributed by atoms with Crippen molar-refractivity contribution in [1.82, 2.24) is 0 Å². The Bertz CT molecular complexity index is 799. The largest absolute Gasteiger partial charge is 0.322 e. The van der Waals surface area contributed by atoms with Crippen molar-refractivity contribution in [3.05, 3.63) is 64.7 Å². The van der Waals surface area contributed by atoms with E-state index in [1.54, 1.807) is 0 Å². The van der Waals surface area contributed by atoms with Crippen molar-refractivity contribution in [3.63, 3.8) is 0 Å². The number of aryl methyl sites for hydroxylation is 2. The molecule has 0 atom stereocenters. The van der Waals surface area contributed by atoms with Crippen LogP contribution in [0.1, 0.15) is 59.2 Å². The first-order valence-electron chi connectivity index (χ1n) is 9.11. The van der Waals surface area contributed by atoms with Gasteiger partial charge in [-0.05, 0) is 57.0 Å². The molecule has 0 spiro atoms. The average molecular weight is 331 g/mol. The highest BCUT2D eigenvalue weighted by molar-refractivity contribution is 6.04. The highest BCUT2D eigenvalue weighted by Crippen LogP contribution is 2.23. The first-order chi connectivity index (χ1) is 12.1. The van der Waals surface area contributed by atoms with Gasteiger partial charge >= 0.3 is 0 Å². The SMILES string of the molecule is Cc1cc(C)cc(C(=O)Nc2cccc(C#CC3CCCCC3)c2)c1. The summed E-state index contributed by atoms with van der Waals surface area (Å²) in [7, 11) is 0. The molecule has 0 saturated heterocycles. The van der Waals surface area contributed by atoms with Crippen LogP contribution in [0.5, 0.6) is 0 Å². The molecule has 0 aliphatic heterocycles. The van der Waals surface area contributed by atoms with Crippen LogP contribution in [0.3, 0.4) is 0 Å². The number of benzene rings is 2. The Hall–Kier alpha value is -2.53. The molecule has 25 heavy (non-hydrogen) atoms. The Morgan fingerprint density at radius 3 is 2.44 bits per heavy atom. The Morgan fingerprint density at radius 2 is 1.72 bits per heavy atom. The molecular formula is C23H25NO. The van der Waals surface area contributed by atoms with Gasteiger partial charge in [0, 0.05) is 22.7 Å². The van der Waals surface area contributed by atoms with E-state index in [0.29, 0.717) is 11.5 Å². The van der Waals surface area contributed by atoms with Crippen molar-refractivity contribution in [2.45, 2.75) is 46.0 Å². The molecule has 128 valence electrons. The molecule has 1 fully saturated rings. The topological polar surface area (TPSA) is 29.1 Å². The van der Waals surface area contributed by atoms with E-state index in [4.69, 9.17) is 0 Å². The molecule has 1 N–H and O–H groups in total. The summed E-state index contributed by atoms with van der Waals surface area (Å²) in [6.07, 6.45) is 6.38. The third-order valence-corrected chi connectivity index (χ3v) is 4.63. The smallest absolute Gasteiger partial charge is 0.255 e. The van der Waals surface area contributed by atoms with Crippen LogP contribution in [-0.4, -0.2) is 5.91 Å². The number of anilines is 1. The summed E-state index contributed by atoms with van der Waals surface area (Å²) in [5, 5.41) is 2.98. The molecule has 3 rings (SSSR count). The Kier molecular flexibility index (Phi) is 5.56. The van der Waals surface area contributed by atoms with Crippen LogP contribution in [0.25, 0.3) is 0 Å². The Labute approximate surface area is 150 Å². The van der Waals surface area contributed by atoms with Gasteiger partial charge in [0.15, 0.2) is 0 Å². The van der Waals surface area contributed by atoms with Crippen LogP contribution in [0.4, 0.5) is 5.69 Å². The number of carbonyl (C=O) groups excluding carboxylic acids is 1. The molecule has 0 aromatic heterocycles. The van der Waals surface area contributed by atoms with Crippen molar-refractivity contribution in [3.8, 4) is 11.8 Å². The number of hydrogen-bond donors (Lipinski definition) is 1. The maximum Gasteiger partial charge on any atom is 0.255 e. The van der Waals surface area contributed by atoms with Gasteiger partial charge in [-0.1, -0.05) is 54.4 Å². The molecule has 2 nitrogen and oxygen atoms in total. The van der Waals surface area contributed by atoms with Crippen molar-refractivity contribution in [2.75, 3.05) is 5.32 Å².